The molecule has 0 bridgehead atoms. The number of amides is 1. The summed E-state index contributed by atoms with van der Waals surface area (Å²) in [7, 11) is 0. The van der Waals surface area contributed by atoms with Gasteiger partial charge in [0.15, 0.2) is 0 Å². The standard InChI is InChI=1S/C19H17FN2O3S/c20-13-3-5-14(6-4-13)21-18(23)12-22-15(8-10-19(24)25)7-9-16(22)17-2-1-11-26-17/h1-7,9,11H,8,10,12H2,(H,21,23)(H,24,25). The van der Waals surface area contributed by atoms with Crippen LogP contribution in [-0.4, -0.2) is 21.6 Å². The van der Waals surface area contributed by atoms with E-state index in [1.165, 1.54) is 24.3 Å². The molecular weight excluding hydrogens is 355 g/mol. The fraction of sp³-hybridized carbons (Fsp3) is 0.158. The SMILES string of the molecule is O=C(O)CCc1ccc(-c2cccs2)n1CC(=O)Nc1ccc(F)cc1. The number of aromatic nitrogens is 1. The average Bonchev–Trinajstić information content (AvgIpc) is 3.25. The summed E-state index contributed by atoms with van der Waals surface area (Å²) >= 11 is 1.55. The van der Waals surface area contributed by atoms with Gasteiger partial charge in [0, 0.05) is 11.4 Å². The first-order chi connectivity index (χ1) is 12.5. The van der Waals surface area contributed by atoms with Crippen LogP contribution in [0.15, 0.2) is 53.9 Å². The molecule has 0 aliphatic heterocycles. The molecule has 2 aromatic heterocycles. The molecule has 0 aliphatic carbocycles. The molecule has 3 aromatic rings. The lowest BCUT2D eigenvalue weighted by molar-refractivity contribution is -0.137. The van der Waals surface area contributed by atoms with Crippen molar-refractivity contribution in [3.8, 4) is 10.6 Å². The van der Waals surface area contributed by atoms with E-state index < -0.39 is 5.97 Å². The molecule has 0 aliphatic rings. The van der Waals surface area contributed by atoms with E-state index in [2.05, 4.69) is 5.32 Å². The van der Waals surface area contributed by atoms with Crippen LogP contribution in [0.4, 0.5) is 10.1 Å². The lowest BCUT2D eigenvalue weighted by atomic mass is 10.2. The van der Waals surface area contributed by atoms with Gasteiger partial charge in [-0.2, -0.15) is 0 Å². The molecule has 0 atom stereocenters. The van der Waals surface area contributed by atoms with Gasteiger partial charge in [-0.15, -0.1) is 11.3 Å². The predicted octanol–water partition coefficient (Wildman–Crippen LogP) is 4.01. The van der Waals surface area contributed by atoms with E-state index in [1.807, 2.05) is 34.2 Å². The molecule has 7 heteroatoms. The van der Waals surface area contributed by atoms with Crippen molar-refractivity contribution < 1.29 is 19.1 Å². The second-order valence-electron chi connectivity index (χ2n) is 5.72. The van der Waals surface area contributed by atoms with E-state index in [9.17, 15) is 14.0 Å². The van der Waals surface area contributed by atoms with Crippen LogP contribution in [0, 0.1) is 5.82 Å². The third-order valence-electron chi connectivity index (χ3n) is 3.87. The summed E-state index contributed by atoms with van der Waals surface area (Å²) in [6.45, 7) is 0.0482. The van der Waals surface area contributed by atoms with E-state index >= 15 is 0 Å². The quantitative estimate of drug-likeness (QED) is 0.658. The van der Waals surface area contributed by atoms with Crippen molar-refractivity contribution in [2.24, 2.45) is 0 Å². The van der Waals surface area contributed by atoms with E-state index in [4.69, 9.17) is 5.11 Å². The van der Waals surface area contributed by atoms with Crippen LogP contribution in [0.2, 0.25) is 0 Å². The minimum atomic E-state index is -0.883. The highest BCUT2D eigenvalue weighted by Gasteiger charge is 2.15. The Morgan fingerprint density at radius 2 is 1.88 bits per heavy atom. The molecule has 2 N–H and O–H groups in total. The number of aryl methyl sites for hydroxylation is 1. The summed E-state index contributed by atoms with van der Waals surface area (Å²) in [5, 5.41) is 13.6. The molecule has 2 heterocycles. The Labute approximate surface area is 153 Å². The van der Waals surface area contributed by atoms with Gasteiger partial charge in [-0.3, -0.25) is 9.59 Å². The fourth-order valence-electron chi connectivity index (χ4n) is 2.67. The number of benzene rings is 1. The number of hydrogen-bond acceptors (Lipinski definition) is 3. The van der Waals surface area contributed by atoms with Gasteiger partial charge < -0.3 is 15.0 Å². The first-order valence-electron chi connectivity index (χ1n) is 8.02. The molecular formula is C19H17FN2O3S. The third kappa shape index (κ3) is 4.37. The number of hydrogen-bond donors (Lipinski definition) is 2. The number of halogens is 1. The number of nitrogens with one attached hydrogen (secondary N) is 1. The smallest absolute Gasteiger partial charge is 0.303 e. The van der Waals surface area contributed by atoms with Crippen molar-refractivity contribution in [3.05, 3.63) is 65.4 Å². The number of carboxylic acid groups (broad SMARTS) is 1. The highest BCUT2D eigenvalue weighted by molar-refractivity contribution is 7.13. The topological polar surface area (TPSA) is 71.3 Å². The maximum atomic E-state index is 13.0. The van der Waals surface area contributed by atoms with Crippen LogP contribution in [0.1, 0.15) is 12.1 Å². The summed E-state index contributed by atoms with van der Waals surface area (Å²) in [4.78, 5) is 24.3. The Kier molecular flexibility index (Phi) is 5.48. The molecule has 3 rings (SSSR count). The van der Waals surface area contributed by atoms with Gasteiger partial charge in [0.05, 0.1) is 17.0 Å². The lowest BCUT2D eigenvalue weighted by Crippen LogP contribution is -2.20. The molecule has 0 spiro atoms. The average molecular weight is 372 g/mol. The van der Waals surface area contributed by atoms with Crippen molar-refractivity contribution >= 4 is 28.9 Å². The van der Waals surface area contributed by atoms with Crippen LogP contribution in [-0.2, 0) is 22.6 Å². The van der Waals surface area contributed by atoms with Crippen LogP contribution in [0.5, 0.6) is 0 Å². The normalized spacial score (nSPS) is 10.7. The van der Waals surface area contributed by atoms with Gasteiger partial charge in [0.1, 0.15) is 12.4 Å². The molecule has 0 saturated heterocycles. The number of anilines is 1. The number of rotatable bonds is 7. The summed E-state index contributed by atoms with van der Waals surface area (Å²) < 4.78 is 14.8. The number of aliphatic carboxylic acids is 1. The maximum Gasteiger partial charge on any atom is 0.303 e. The Hall–Kier alpha value is -2.93. The summed E-state index contributed by atoms with van der Waals surface area (Å²) in [6.07, 6.45) is 0.331. The van der Waals surface area contributed by atoms with Crippen molar-refractivity contribution in [3.63, 3.8) is 0 Å². The fourth-order valence-corrected chi connectivity index (χ4v) is 3.43. The van der Waals surface area contributed by atoms with Crippen molar-refractivity contribution in [1.82, 2.24) is 4.57 Å². The molecule has 134 valence electrons. The number of carbonyl (C=O) groups excluding carboxylic acids is 1. The molecule has 0 unspecified atom stereocenters. The number of carboxylic acids is 1. The Morgan fingerprint density at radius 1 is 1.12 bits per heavy atom. The lowest BCUT2D eigenvalue weighted by Gasteiger charge is -2.13. The zero-order chi connectivity index (χ0) is 18.5. The van der Waals surface area contributed by atoms with Crippen LogP contribution in [0.25, 0.3) is 10.6 Å². The van der Waals surface area contributed by atoms with Gasteiger partial charge in [0.2, 0.25) is 5.91 Å². The summed E-state index contributed by atoms with van der Waals surface area (Å²) in [6, 6.07) is 13.2. The van der Waals surface area contributed by atoms with E-state index in [0.29, 0.717) is 12.1 Å². The zero-order valence-electron chi connectivity index (χ0n) is 13.8. The second kappa shape index (κ2) is 7.97. The van der Waals surface area contributed by atoms with Crippen LogP contribution < -0.4 is 5.32 Å². The van der Waals surface area contributed by atoms with Crippen molar-refractivity contribution in [1.29, 1.82) is 0 Å². The Bertz CT molecular complexity index is 902. The number of nitrogens with zero attached hydrogens (tertiary/aromatic N) is 1. The molecule has 0 radical (unpaired) electrons. The van der Waals surface area contributed by atoms with Crippen molar-refractivity contribution in [2.45, 2.75) is 19.4 Å². The number of thiophene rings is 1. The van der Waals surface area contributed by atoms with Gasteiger partial charge in [-0.1, -0.05) is 6.07 Å². The molecule has 26 heavy (non-hydrogen) atoms. The molecule has 1 amide bonds. The first-order valence-corrected chi connectivity index (χ1v) is 8.90. The zero-order valence-corrected chi connectivity index (χ0v) is 14.6. The van der Waals surface area contributed by atoms with Crippen LogP contribution >= 0.6 is 11.3 Å². The monoisotopic (exact) mass is 372 g/mol. The first kappa shape index (κ1) is 17.9. The largest absolute Gasteiger partial charge is 0.481 e. The Balaban J connectivity index is 1.81. The summed E-state index contributed by atoms with van der Waals surface area (Å²) in [5.41, 5.74) is 2.16. The van der Waals surface area contributed by atoms with E-state index in [1.54, 1.807) is 11.3 Å². The minimum Gasteiger partial charge on any atom is -0.481 e. The van der Waals surface area contributed by atoms with E-state index in [0.717, 1.165) is 16.3 Å². The highest BCUT2D eigenvalue weighted by Crippen LogP contribution is 2.27. The predicted molar refractivity (Wildman–Crippen MR) is 98.7 cm³/mol. The van der Waals surface area contributed by atoms with Gasteiger partial charge in [-0.25, -0.2) is 4.39 Å². The maximum absolute atomic E-state index is 13.0. The van der Waals surface area contributed by atoms with Crippen LogP contribution in [0.3, 0.4) is 0 Å². The molecule has 0 fully saturated rings. The summed E-state index contributed by atoms with van der Waals surface area (Å²) in [5.74, 6) is -1.52. The molecule has 1 aromatic carbocycles. The Morgan fingerprint density at radius 3 is 2.54 bits per heavy atom. The highest BCUT2D eigenvalue weighted by atomic mass is 32.1. The molecule has 5 nitrogen and oxygen atoms in total. The third-order valence-corrected chi connectivity index (χ3v) is 4.76. The van der Waals surface area contributed by atoms with Gasteiger partial charge >= 0.3 is 5.97 Å². The van der Waals surface area contributed by atoms with Gasteiger partial charge in [0.25, 0.3) is 0 Å². The second-order valence-corrected chi connectivity index (χ2v) is 6.67. The van der Waals surface area contributed by atoms with Crippen molar-refractivity contribution in [2.75, 3.05) is 5.32 Å². The molecule has 0 saturated carbocycles. The van der Waals surface area contributed by atoms with E-state index in [-0.39, 0.29) is 24.7 Å². The minimum absolute atomic E-state index is 0.00647. The van der Waals surface area contributed by atoms with Gasteiger partial charge in [-0.05, 0) is 54.3 Å². The number of carbonyl (C=O) groups is 2.